The van der Waals surface area contributed by atoms with Crippen LogP contribution in [0.3, 0.4) is 0 Å². The van der Waals surface area contributed by atoms with Crippen LogP contribution in [0.1, 0.15) is 37.0 Å². The van der Waals surface area contributed by atoms with Crippen LogP contribution in [0.25, 0.3) is 0 Å². The molecule has 3 N–H and O–H groups in total. The molecule has 0 unspecified atom stereocenters. The van der Waals surface area contributed by atoms with Gasteiger partial charge in [-0.3, -0.25) is 4.79 Å². The van der Waals surface area contributed by atoms with Gasteiger partial charge in [-0.05, 0) is 25.0 Å². The lowest BCUT2D eigenvalue weighted by Gasteiger charge is -2.30. The van der Waals surface area contributed by atoms with Gasteiger partial charge in [-0.1, -0.05) is 13.8 Å². The number of nitrogens with one attached hydrogen (secondary N) is 1. The molecule has 20 heavy (non-hydrogen) atoms. The number of carbonyl (C=O) groups excluding carboxylic acids is 1. The number of hydrogen-bond acceptors (Lipinski definition) is 5. The first-order valence-electron chi connectivity index (χ1n) is 6.91. The van der Waals surface area contributed by atoms with E-state index in [2.05, 4.69) is 24.3 Å². The van der Waals surface area contributed by atoms with Gasteiger partial charge in [0.05, 0.1) is 12.2 Å². The molecule has 0 spiro atoms. The van der Waals surface area contributed by atoms with Gasteiger partial charge in [0.1, 0.15) is 0 Å². The summed E-state index contributed by atoms with van der Waals surface area (Å²) in [6.45, 7) is 5.22. The zero-order valence-corrected chi connectivity index (χ0v) is 12.4. The number of rotatable bonds is 8. The van der Waals surface area contributed by atoms with Crippen molar-refractivity contribution in [2.24, 2.45) is 5.84 Å². The third kappa shape index (κ3) is 3.91. The highest BCUT2D eigenvalue weighted by molar-refractivity contribution is 5.98. The molecule has 0 saturated heterocycles. The third-order valence-electron chi connectivity index (χ3n) is 3.36. The van der Waals surface area contributed by atoms with Crippen molar-refractivity contribution in [3.8, 4) is 0 Å². The molecule has 6 heteroatoms. The lowest BCUT2D eigenvalue weighted by molar-refractivity contribution is 0.0590. The quantitative estimate of drug-likeness (QED) is 0.559. The number of nitrogen functional groups attached to an aromatic ring is 1. The molecule has 0 aliphatic heterocycles. The molecule has 0 fully saturated rings. The van der Waals surface area contributed by atoms with E-state index in [1.807, 2.05) is 4.90 Å². The molecule has 0 saturated carbocycles. The summed E-state index contributed by atoms with van der Waals surface area (Å²) in [6, 6.07) is 3.64. The van der Waals surface area contributed by atoms with E-state index in [4.69, 9.17) is 10.6 Å². The van der Waals surface area contributed by atoms with Crippen molar-refractivity contribution in [1.82, 2.24) is 9.88 Å². The Hall–Kier alpha value is -1.66. The van der Waals surface area contributed by atoms with Crippen LogP contribution in [0.5, 0.6) is 0 Å². The fourth-order valence-corrected chi connectivity index (χ4v) is 2.22. The van der Waals surface area contributed by atoms with Gasteiger partial charge in [0.25, 0.3) is 5.91 Å². The second-order valence-corrected chi connectivity index (χ2v) is 4.51. The van der Waals surface area contributed by atoms with Crippen LogP contribution in [-0.4, -0.2) is 42.1 Å². The molecule has 0 radical (unpaired) electrons. The number of amides is 1. The smallest absolute Gasteiger partial charge is 0.257 e. The lowest BCUT2D eigenvalue weighted by Crippen LogP contribution is -2.42. The van der Waals surface area contributed by atoms with E-state index in [0.717, 1.165) is 12.8 Å². The van der Waals surface area contributed by atoms with E-state index in [-0.39, 0.29) is 11.9 Å². The Morgan fingerprint density at radius 1 is 1.50 bits per heavy atom. The highest BCUT2D eigenvalue weighted by atomic mass is 16.5. The van der Waals surface area contributed by atoms with Gasteiger partial charge in [0.15, 0.2) is 5.82 Å². The number of aromatic nitrogens is 1. The number of pyridine rings is 1. The predicted molar refractivity (Wildman–Crippen MR) is 79.3 cm³/mol. The summed E-state index contributed by atoms with van der Waals surface area (Å²) in [7, 11) is 1.63. The van der Waals surface area contributed by atoms with Crippen molar-refractivity contribution in [2.45, 2.75) is 32.7 Å². The van der Waals surface area contributed by atoms with Gasteiger partial charge in [-0.25, -0.2) is 10.8 Å². The van der Waals surface area contributed by atoms with Crippen molar-refractivity contribution in [2.75, 3.05) is 25.7 Å². The summed E-state index contributed by atoms with van der Waals surface area (Å²) in [5.74, 6) is 5.74. The normalized spacial score (nSPS) is 10.7. The summed E-state index contributed by atoms with van der Waals surface area (Å²) in [5.41, 5.74) is 2.96. The Kier molecular flexibility index (Phi) is 6.97. The Morgan fingerprint density at radius 3 is 2.75 bits per heavy atom. The topological polar surface area (TPSA) is 80.5 Å². The molecule has 1 heterocycles. The van der Waals surface area contributed by atoms with Crippen LogP contribution in [0, 0.1) is 0 Å². The summed E-state index contributed by atoms with van der Waals surface area (Å²) >= 11 is 0. The third-order valence-corrected chi connectivity index (χ3v) is 3.36. The summed E-state index contributed by atoms with van der Waals surface area (Å²) in [6.07, 6.45) is 3.40. The van der Waals surface area contributed by atoms with Gasteiger partial charge in [0.2, 0.25) is 0 Å². The Bertz CT molecular complexity index is 421. The number of nitrogens with zero attached hydrogens (tertiary/aromatic N) is 2. The van der Waals surface area contributed by atoms with E-state index in [1.54, 1.807) is 25.4 Å². The monoisotopic (exact) mass is 280 g/mol. The van der Waals surface area contributed by atoms with Gasteiger partial charge >= 0.3 is 0 Å². The first kappa shape index (κ1) is 16.4. The first-order chi connectivity index (χ1) is 9.69. The fourth-order valence-electron chi connectivity index (χ4n) is 2.22. The number of carbonyl (C=O) groups is 1. The van der Waals surface area contributed by atoms with Crippen molar-refractivity contribution in [1.29, 1.82) is 0 Å². The minimum atomic E-state index is -0.0724. The van der Waals surface area contributed by atoms with Crippen LogP contribution in [-0.2, 0) is 4.74 Å². The summed E-state index contributed by atoms with van der Waals surface area (Å²) < 4.78 is 5.10. The van der Waals surface area contributed by atoms with E-state index in [0.29, 0.717) is 24.5 Å². The molecule has 6 nitrogen and oxygen atoms in total. The molecule has 1 amide bonds. The number of methoxy groups -OCH3 is 1. The highest BCUT2D eigenvalue weighted by Gasteiger charge is 2.24. The molecule has 0 aromatic carbocycles. The minimum Gasteiger partial charge on any atom is -0.383 e. The minimum absolute atomic E-state index is 0.0724. The number of nitrogens with two attached hydrogens (primary N) is 1. The van der Waals surface area contributed by atoms with Crippen molar-refractivity contribution in [3.05, 3.63) is 23.9 Å². The maximum atomic E-state index is 12.7. The van der Waals surface area contributed by atoms with Gasteiger partial charge in [-0.15, -0.1) is 0 Å². The molecule has 0 bridgehead atoms. The van der Waals surface area contributed by atoms with E-state index < -0.39 is 0 Å². The summed E-state index contributed by atoms with van der Waals surface area (Å²) in [5, 5.41) is 0. The second kappa shape index (κ2) is 8.50. The number of hydrazine groups is 1. The number of anilines is 1. The van der Waals surface area contributed by atoms with E-state index >= 15 is 0 Å². The highest BCUT2D eigenvalue weighted by Crippen LogP contribution is 2.17. The number of ether oxygens (including phenoxy) is 1. The van der Waals surface area contributed by atoms with Crippen LogP contribution in [0.4, 0.5) is 5.82 Å². The molecular weight excluding hydrogens is 256 g/mol. The summed E-state index contributed by atoms with van der Waals surface area (Å²) in [4.78, 5) is 18.6. The Balaban J connectivity index is 3.02. The van der Waals surface area contributed by atoms with Gasteiger partial charge in [-0.2, -0.15) is 0 Å². The molecular formula is C14H24N4O2. The molecule has 0 aliphatic rings. The Morgan fingerprint density at radius 2 is 2.20 bits per heavy atom. The average molecular weight is 280 g/mol. The van der Waals surface area contributed by atoms with E-state index in [1.165, 1.54) is 0 Å². The Labute approximate surface area is 120 Å². The zero-order chi connectivity index (χ0) is 15.0. The van der Waals surface area contributed by atoms with Crippen molar-refractivity contribution in [3.63, 3.8) is 0 Å². The van der Waals surface area contributed by atoms with Crippen LogP contribution in [0.15, 0.2) is 18.3 Å². The maximum absolute atomic E-state index is 12.7. The largest absolute Gasteiger partial charge is 0.383 e. The van der Waals surface area contributed by atoms with Crippen molar-refractivity contribution < 1.29 is 9.53 Å². The average Bonchev–Trinajstić information content (AvgIpc) is 2.50. The van der Waals surface area contributed by atoms with Gasteiger partial charge in [0, 0.05) is 25.9 Å². The van der Waals surface area contributed by atoms with E-state index in [9.17, 15) is 4.79 Å². The zero-order valence-electron chi connectivity index (χ0n) is 12.4. The lowest BCUT2D eigenvalue weighted by atomic mass is 10.1. The molecule has 112 valence electrons. The molecule has 1 aromatic heterocycles. The molecule has 1 rings (SSSR count). The fraction of sp³-hybridized carbons (Fsp3) is 0.571. The van der Waals surface area contributed by atoms with Crippen LogP contribution in [0.2, 0.25) is 0 Å². The van der Waals surface area contributed by atoms with Crippen molar-refractivity contribution >= 4 is 11.7 Å². The maximum Gasteiger partial charge on any atom is 0.257 e. The SMILES string of the molecule is CCC(CC)N(CCOC)C(=O)c1cccnc1NN. The second-order valence-electron chi connectivity index (χ2n) is 4.51. The molecule has 0 atom stereocenters. The first-order valence-corrected chi connectivity index (χ1v) is 6.91. The standard InChI is InChI=1S/C14H24N4O2/c1-4-11(5-2)18(9-10-20-3)14(19)12-7-6-8-16-13(12)17-15/h6-8,11H,4-5,9-10,15H2,1-3H3,(H,16,17). The molecule has 1 aromatic rings. The molecule has 0 aliphatic carbocycles. The van der Waals surface area contributed by atoms with Gasteiger partial charge < -0.3 is 15.1 Å². The van der Waals surface area contributed by atoms with Crippen LogP contribution >= 0.6 is 0 Å². The predicted octanol–water partition coefficient (Wildman–Crippen LogP) is 1.64. The van der Waals surface area contributed by atoms with Crippen LogP contribution < -0.4 is 11.3 Å². The number of hydrogen-bond donors (Lipinski definition) is 2.